The Balaban J connectivity index is 1.98. The molecular weight excluding hydrogens is 284 g/mol. The molecule has 1 aromatic carbocycles. The molecule has 0 amide bonds. The van der Waals surface area contributed by atoms with Gasteiger partial charge in [-0.05, 0) is 53.5 Å². The minimum absolute atomic E-state index is 0.0163. The highest BCUT2D eigenvalue weighted by molar-refractivity contribution is 7.79. The van der Waals surface area contributed by atoms with Gasteiger partial charge in [0.1, 0.15) is 0 Å². The molecule has 4 heteroatoms. The molecule has 112 valence electrons. The van der Waals surface area contributed by atoms with Gasteiger partial charge in [0.05, 0.1) is 4.90 Å². The SMILES string of the molecule is CC12CCC(C(=Cc3ccc(S(=O)O)cc3)C1=O)C2(C)C. The zero-order valence-electron chi connectivity index (χ0n) is 12.6. The summed E-state index contributed by atoms with van der Waals surface area (Å²) in [4.78, 5) is 13.1. The predicted octanol–water partition coefficient (Wildman–Crippen LogP) is 3.68. The van der Waals surface area contributed by atoms with Gasteiger partial charge in [-0.2, -0.15) is 0 Å². The molecule has 3 unspecified atom stereocenters. The standard InChI is InChI=1S/C17H20O3S/c1-16(2)14-8-9-17(16,3)15(18)13(14)10-11-4-6-12(7-5-11)21(19)20/h4-7,10,14H,8-9H2,1-3H3,(H,19,20). The van der Waals surface area contributed by atoms with E-state index >= 15 is 0 Å². The van der Waals surface area contributed by atoms with Crippen molar-refractivity contribution < 1.29 is 13.6 Å². The van der Waals surface area contributed by atoms with Gasteiger partial charge in [0.2, 0.25) is 0 Å². The Morgan fingerprint density at radius 3 is 2.33 bits per heavy atom. The maximum atomic E-state index is 12.7. The first-order chi connectivity index (χ1) is 9.77. The number of hydrogen-bond donors (Lipinski definition) is 1. The summed E-state index contributed by atoms with van der Waals surface area (Å²) in [5.74, 6) is 0.597. The van der Waals surface area contributed by atoms with Crippen molar-refractivity contribution in [2.45, 2.75) is 38.5 Å². The molecule has 2 fully saturated rings. The number of fused-ring (bicyclic) bond motifs is 2. The van der Waals surface area contributed by atoms with Crippen LogP contribution >= 0.6 is 0 Å². The van der Waals surface area contributed by atoms with E-state index in [0.29, 0.717) is 10.8 Å². The lowest BCUT2D eigenvalue weighted by Crippen LogP contribution is -2.32. The second-order valence-electron chi connectivity index (χ2n) is 6.89. The minimum atomic E-state index is -1.96. The summed E-state index contributed by atoms with van der Waals surface area (Å²) in [5.41, 5.74) is 1.62. The van der Waals surface area contributed by atoms with E-state index < -0.39 is 11.1 Å². The molecule has 0 radical (unpaired) electrons. The average molecular weight is 304 g/mol. The molecule has 21 heavy (non-hydrogen) atoms. The Morgan fingerprint density at radius 2 is 1.86 bits per heavy atom. The molecule has 0 heterocycles. The van der Waals surface area contributed by atoms with Crippen LogP contribution in [0.5, 0.6) is 0 Å². The summed E-state index contributed by atoms with van der Waals surface area (Å²) in [7, 11) is 0. The Hall–Kier alpha value is -1.26. The van der Waals surface area contributed by atoms with Crippen LogP contribution in [0.2, 0.25) is 0 Å². The van der Waals surface area contributed by atoms with Crippen molar-refractivity contribution in [2.75, 3.05) is 0 Å². The zero-order valence-corrected chi connectivity index (χ0v) is 13.4. The third kappa shape index (κ3) is 1.96. The van der Waals surface area contributed by atoms with E-state index in [-0.39, 0.29) is 16.6 Å². The number of allylic oxidation sites excluding steroid dienone is 1. The molecule has 1 aromatic rings. The van der Waals surface area contributed by atoms with Crippen LogP contribution in [0.25, 0.3) is 6.08 Å². The first-order valence-electron chi connectivity index (χ1n) is 7.25. The molecule has 1 N–H and O–H groups in total. The normalized spacial score (nSPS) is 33.6. The van der Waals surface area contributed by atoms with Crippen molar-refractivity contribution in [1.29, 1.82) is 0 Å². The molecule has 0 aromatic heterocycles. The summed E-state index contributed by atoms with van der Waals surface area (Å²) < 4.78 is 20.0. The van der Waals surface area contributed by atoms with E-state index in [0.717, 1.165) is 24.0 Å². The van der Waals surface area contributed by atoms with E-state index in [1.165, 1.54) is 0 Å². The van der Waals surface area contributed by atoms with Crippen molar-refractivity contribution in [3.8, 4) is 0 Å². The number of carbonyl (C=O) groups is 1. The number of carbonyl (C=O) groups excluding carboxylic acids is 1. The molecule has 3 nitrogen and oxygen atoms in total. The van der Waals surface area contributed by atoms with Crippen molar-refractivity contribution in [3.05, 3.63) is 35.4 Å². The molecule has 2 aliphatic rings. The van der Waals surface area contributed by atoms with Gasteiger partial charge in [0, 0.05) is 5.41 Å². The van der Waals surface area contributed by atoms with Crippen LogP contribution in [0.3, 0.4) is 0 Å². The van der Waals surface area contributed by atoms with Crippen LogP contribution in [0.15, 0.2) is 34.7 Å². The lowest BCUT2D eigenvalue weighted by molar-refractivity contribution is -0.125. The van der Waals surface area contributed by atoms with Gasteiger partial charge in [0.15, 0.2) is 16.9 Å². The van der Waals surface area contributed by atoms with Crippen molar-refractivity contribution in [3.63, 3.8) is 0 Å². The monoisotopic (exact) mass is 304 g/mol. The number of rotatable bonds is 2. The van der Waals surface area contributed by atoms with Crippen LogP contribution in [-0.4, -0.2) is 14.5 Å². The third-order valence-corrected chi connectivity index (χ3v) is 6.44. The third-order valence-electron chi connectivity index (χ3n) is 5.77. The second kappa shape index (κ2) is 4.62. The number of Topliss-reactive ketones (excluding diaryl/α,β-unsaturated/α-hetero) is 1. The zero-order chi connectivity index (χ0) is 15.4. The maximum absolute atomic E-state index is 12.7. The lowest BCUT2D eigenvalue weighted by atomic mass is 9.70. The van der Waals surface area contributed by atoms with E-state index in [9.17, 15) is 9.00 Å². The first-order valence-corrected chi connectivity index (χ1v) is 8.35. The lowest BCUT2D eigenvalue weighted by Gasteiger charge is -2.31. The summed E-state index contributed by atoms with van der Waals surface area (Å²) in [6.07, 6.45) is 4.01. The fourth-order valence-corrected chi connectivity index (χ4v) is 4.32. The highest BCUT2D eigenvalue weighted by Crippen LogP contribution is 2.65. The van der Waals surface area contributed by atoms with Gasteiger partial charge in [-0.3, -0.25) is 4.79 Å². The van der Waals surface area contributed by atoms with Crippen molar-refractivity contribution in [2.24, 2.45) is 16.7 Å². The molecule has 0 aliphatic heterocycles. The maximum Gasteiger partial charge on any atom is 0.186 e. The molecule has 0 spiro atoms. The highest BCUT2D eigenvalue weighted by atomic mass is 32.2. The fraction of sp³-hybridized carbons (Fsp3) is 0.471. The fourth-order valence-electron chi connectivity index (χ4n) is 3.95. The van der Waals surface area contributed by atoms with Gasteiger partial charge in [-0.25, -0.2) is 4.21 Å². The van der Waals surface area contributed by atoms with Crippen LogP contribution in [0.1, 0.15) is 39.2 Å². The molecule has 2 bridgehead atoms. The van der Waals surface area contributed by atoms with E-state index in [1.54, 1.807) is 24.3 Å². The second-order valence-corrected chi connectivity index (χ2v) is 7.86. The Labute approximate surface area is 127 Å². The Kier molecular flexibility index (Phi) is 3.22. The van der Waals surface area contributed by atoms with Gasteiger partial charge in [-0.1, -0.05) is 32.9 Å². The molecule has 3 atom stereocenters. The summed E-state index contributed by atoms with van der Waals surface area (Å²) in [6, 6.07) is 6.86. The Bertz CT molecular complexity index is 657. The predicted molar refractivity (Wildman–Crippen MR) is 83.1 cm³/mol. The van der Waals surface area contributed by atoms with Crippen LogP contribution in [-0.2, 0) is 15.9 Å². The minimum Gasteiger partial charge on any atom is -0.302 e. The topological polar surface area (TPSA) is 54.4 Å². The van der Waals surface area contributed by atoms with Gasteiger partial charge >= 0.3 is 0 Å². The van der Waals surface area contributed by atoms with E-state index in [2.05, 4.69) is 20.8 Å². The average Bonchev–Trinajstić information content (AvgIpc) is 2.74. The number of hydrogen-bond acceptors (Lipinski definition) is 2. The highest BCUT2D eigenvalue weighted by Gasteiger charge is 2.63. The van der Waals surface area contributed by atoms with Gasteiger partial charge in [0.25, 0.3) is 0 Å². The number of benzene rings is 1. The molecule has 2 aliphatic carbocycles. The van der Waals surface area contributed by atoms with Crippen LogP contribution < -0.4 is 0 Å². The Morgan fingerprint density at radius 1 is 1.24 bits per heavy atom. The van der Waals surface area contributed by atoms with Gasteiger partial charge < -0.3 is 4.55 Å². The smallest absolute Gasteiger partial charge is 0.186 e. The summed E-state index contributed by atoms with van der Waals surface area (Å²) in [6.45, 7) is 6.48. The first kappa shape index (κ1) is 14.7. The largest absolute Gasteiger partial charge is 0.302 e. The van der Waals surface area contributed by atoms with Crippen LogP contribution in [0, 0.1) is 16.7 Å². The molecule has 3 rings (SSSR count). The van der Waals surface area contributed by atoms with Crippen molar-refractivity contribution >= 4 is 22.9 Å². The van der Waals surface area contributed by atoms with Gasteiger partial charge in [-0.15, -0.1) is 0 Å². The quantitative estimate of drug-likeness (QED) is 0.670. The van der Waals surface area contributed by atoms with E-state index in [4.69, 9.17) is 4.55 Å². The summed E-state index contributed by atoms with van der Waals surface area (Å²) >= 11 is -1.96. The van der Waals surface area contributed by atoms with Crippen LogP contribution in [0.4, 0.5) is 0 Å². The molecule has 2 saturated carbocycles. The summed E-state index contributed by atoms with van der Waals surface area (Å²) in [5, 5.41) is 0. The number of ketones is 1. The van der Waals surface area contributed by atoms with Crippen molar-refractivity contribution in [1.82, 2.24) is 0 Å². The van der Waals surface area contributed by atoms with E-state index in [1.807, 2.05) is 6.08 Å². The molecular formula is C17H20O3S. The molecule has 0 saturated heterocycles.